The monoisotopic (exact) mass is 354 g/mol. The lowest BCUT2D eigenvalue weighted by molar-refractivity contribution is -0.209. The molecular weight excluding hydrogens is 333 g/mol. The highest BCUT2D eigenvalue weighted by molar-refractivity contribution is 5.87. The molecule has 1 fully saturated rings. The SMILES string of the molecule is CCC(C)(C)C(=O)OC(C)(C)C(=O)OC1C(=O)OCC1C(F)(F)F. The van der Waals surface area contributed by atoms with Crippen LogP contribution in [-0.4, -0.2) is 42.4 Å². The second-order valence-electron chi connectivity index (χ2n) is 6.74. The van der Waals surface area contributed by atoms with E-state index in [1.54, 1.807) is 20.8 Å². The molecule has 138 valence electrons. The molecule has 1 rings (SSSR count). The van der Waals surface area contributed by atoms with Gasteiger partial charge in [0.15, 0.2) is 0 Å². The fourth-order valence-electron chi connectivity index (χ4n) is 1.72. The Labute approximate surface area is 137 Å². The number of hydrogen-bond acceptors (Lipinski definition) is 6. The Morgan fingerprint density at radius 2 is 1.71 bits per heavy atom. The molecule has 6 nitrogen and oxygen atoms in total. The highest BCUT2D eigenvalue weighted by Crippen LogP contribution is 2.35. The van der Waals surface area contributed by atoms with Crippen molar-refractivity contribution in [2.24, 2.45) is 11.3 Å². The molecule has 0 N–H and O–H groups in total. The highest BCUT2D eigenvalue weighted by Gasteiger charge is 2.56. The molecule has 0 bridgehead atoms. The predicted octanol–water partition coefficient (Wildman–Crippen LogP) is 2.39. The molecular formula is C15H21F3O6. The molecule has 0 spiro atoms. The Morgan fingerprint density at radius 1 is 1.17 bits per heavy atom. The summed E-state index contributed by atoms with van der Waals surface area (Å²) >= 11 is 0. The van der Waals surface area contributed by atoms with Crippen molar-refractivity contribution in [3.63, 3.8) is 0 Å². The minimum Gasteiger partial charge on any atom is -0.462 e. The maximum Gasteiger partial charge on any atom is 0.399 e. The molecule has 24 heavy (non-hydrogen) atoms. The minimum absolute atomic E-state index is 0.433. The van der Waals surface area contributed by atoms with Gasteiger partial charge in [-0.25, -0.2) is 9.59 Å². The summed E-state index contributed by atoms with van der Waals surface area (Å²) in [7, 11) is 0. The molecule has 1 aliphatic rings. The van der Waals surface area contributed by atoms with Gasteiger partial charge in [0.25, 0.3) is 0 Å². The van der Waals surface area contributed by atoms with Crippen molar-refractivity contribution in [2.45, 2.75) is 58.9 Å². The normalized spacial score (nSPS) is 22.1. The number of hydrogen-bond donors (Lipinski definition) is 0. The maximum absolute atomic E-state index is 12.8. The quantitative estimate of drug-likeness (QED) is 0.557. The average molecular weight is 354 g/mol. The van der Waals surface area contributed by atoms with Crippen LogP contribution >= 0.6 is 0 Å². The lowest BCUT2D eigenvalue weighted by atomic mass is 9.90. The summed E-state index contributed by atoms with van der Waals surface area (Å²) in [6, 6.07) is 0. The number of rotatable bonds is 5. The number of carbonyl (C=O) groups is 3. The maximum atomic E-state index is 12.8. The van der Waals surface area contributed by atoms with Gasteiger partial charge in [0.1, 0.15) is 12.5 Å². The van der Waals surface area contributed by atoms with Crippen LogP contribution in [0.2, 0.25) is 0 Å². The number of carbonyl (C=O) groups excluding carboxylic acids is 3. The predicted molar refractivity (Wildman–Crippen MR) is 74.6 cm³/mol. The van der Waals surface area contributed by atoms with E-state index in [9.17, 15) is 27.6 Å². The largest absolute Gasteiger partial charge is 0.462 e. The van der Waals surface area contributed by atoms with Crippen LogP contribution in [0.3, 0.4) is 0 Å². The zero-order chi connectivity index (χ0) is 18.9. The van der Waals surface area contributed by atoms with E-state index in [2.05, 4.69) is 9.47 Å². The minimum atomic E-state index is -4.76. The topological polar surface area (TPSA) is 78.9 Å². The van der Waals surface area contributed by atoms with Gasteiger partial charge in [-0.3, -0.25) is 4.79 Å². The van der Waals surface area contributed by atoms with Gasteiger partial charge in [-0.1, -0.05) is 6.92 Å². The molecule has 0 aromatic rings. The molecule has 0 radical (unpaired) electrons. The summed E-state index contributed by atoms with van der Waals surface area (Å²) in [6.45, 7) is 6.40. The van der Waals surface area contributed by atoms with Crippen LogP contribution in [0, 0.1) is 11.3 Å². The van der Waals surface area contributed by atoms with Gasteiger partial charge in [0.05, 0.1) is 5.41 Å². The van der Waals surface area contributed by atoms with E-state index in [1.807, 2.05) is 0 Å². The average Bonchev–Trinajstić information content (AvgIpc) is 2.79. The van der Waals surface area contributed by atoms with Crippen molar-refractivity contribution in [3.05, 3.63) is 0 Å². The molecule has 1 heterocycles. The lowest BCUT2D eigenvalue weighted by Crippen LogP contribution is -2.46. The van der Waals surface area contributed by atoms with Gasteiger partial charge in [0.2, 0.25) is 11.7 Å². The van der Waals surface area contributed by atoms with Crippen LogP contribution in [-0.2, 0) is 28.6 Å². The summed E-state index contributed by atoms with van der Waals surface area (Å²) in [5.74, 6) is -5.47. The molecule has 0 aromatic carbocycles. The number of alkyl halides is 3. The molecule has 0 aliphatic carbocycles. The van der Waals surface area contributed by atoms with Crippen molar-refractivity contribution in [1.82, 2.24) is 0 Å². The summed E-state index contributed by atoms with van der Waals surface area (Å²) < 4.78 is 52.6. The fourth-order valence-corrected chi connectivity index (χ4v) is 1.72. The number of halogens is 3. The van der Waals surface area contributed by atoms with Gasteiger partial charge in [-0.2, -0.15) is 13.2 Å². The van der Waals surface area contributed by atoms with Crippen molar-refractivity contribution in [2.75, 3.05) is 6.61 Å². The second-order valence-corrected chi connectivity index (χ2v) is 6.74. The standard InChI is InChI=1S/C15H21F3O6/c1-6-13(2,3)11(20)24-14(4,5)12(21)23-9-8(15(16,17)18)7-22-10(9)19/h8-9H,6-7H2,1-5H3. The van der Waals surface area contributed by atoms with Crippen molar-refractivity contribution < 1.29 is 41.8 Å². The van der Waals surface area contributed by atoms with E-state index < -0.39 is 53.7 Å². The highest BCUT2D eigenvalue weighted by atomic mass is 19.4. The molecule has 1 aliphatic heterocycles. The number of cyclic esters (lactones) is 1. The Hall–Kier alpha value is -1.80. The summed E-state index contributed by atoms with van der Waals surface area (Å²) in [6.07, 6.45) is -6.43. The summed E-state index contributed by atoms with van der Waals surface area (Å²) in [5.41, 5.74) is -2.72. The first-order valence-corrected chi connectivity index (χ1v) is 7.40. The van der Waals surface area contributed by atoms with Gasteiger partial charge in [0, 0.05) is 0 Å². The van der Waals surface area contributed by atoms with E-state index in [0.717, 1.165) is 0 Å². The van der Waals surface area contributed by atoms with E-state index in [4.69, 9.17) is 4.74 Å². The van der Waals surface area contributed by atoms with Crippen molar-refractivity contribution >= 4 is 17.9 Å². The van der Waals surface area contributed by atoms with Crippen LogP contribution in [0.5, 0.6) is 0 Å². The van der Waals surface area contributed by atoms with Crippen LogP contribution in [0.15, 0.2) is 0 Å². The third-order valence-corrected chi connectivity index (χ3v) is 3.93. The molecule has 2 unspecified atom stereocenters. The Balaban J connectivity index is 2.85. The molecule has 0 saturated carbocycles. The molecule has 9 heteroatoms. The molecule has 0 aromatic heterocycles. The van der Waals surface area contributed by atoms with Gasteiger partial charge in [-0.15, -0.1) is 0 Å². The van der Waals surface area contributed by atoms with Crippen molar-refractivity contribution in [1.29, 1.82) is 0 Å². The van der Waals surface area contributed by atoms with Crippen molar-refractivity contribution in [3.8, 4) is 0 Å². The van der Waals surface area contributed by atoms with Crippen LogP contribution in [0.1, 0.15) is 41.0 Å². The lowest BCUT2D eigenvalue weighted by Gasteiger charge is -2.30. The fraction of sp³-hybridized carbons (Fsp3) is 0.800. The van der Waals surface area contributed by atoms with Crippen LogP contribution in [0.4, 0.5) is 13.2 Å². The Morgan fingerprint density at radius 3 is 2.17 bits per heavy atom. The first kappa shape index (κ1) is 20.2. The van der Waals surface area contributed by atoms with E-state index in [0.29, 0.717) is 6.42 Å². The van der Waals surface area contributed by atoms with E-state index >= 15 is 0 Å². The molecule has 2 atom stereocenters. The Kier molecular flexibility index (Phi) is 5.57. The molecule has 1 saturated heterocycles. The van der Waals surface area contributed by atoms with E-state index in [-0.39, 0.29) is 0 Å². The zero-order valence-corrected chi connectivity index (χ0v) is 14.2. The first-order chi connectivity index (χ1) is 10.7. The van der Waals surface area contributed by atoms with Gasteiger partial charge < -0.3 is 14.2 Å². The van der Waals surface area contributed by atoms with Gasteiger partial charge >= 0.3 is 24.1 Å². The Bertz CT molecular complexity index is 524. The third kappa shape index (κ3) is 4.39. The zero-order valence-electron chi connectivity index (χ0n) is 14.2. The summed E-state index contributed by atoms with van der Waals surface area (Å²) in [4.78, 5) is 35.6. The molecule has 0 amide bonds. The van der Waals surface area contributed by atoms with Crippen LogP contribution < -0.4 is 0 Å². The first-order valence-electron chi connectivity index (χ1n) is 7.40. The number of ether oxygens (including phenoxy) is 3. The second kappa shape index (κ2) is 6.60. The van der Waals surface area contributed by atoms with Crippen LogP contribution in [0.25, 0.3) is 0 Å². The summed E-state index contributed by atoms with van der Waals surface area (Å²) in [5, 5.41) is 0. The third-order valence-electron chi connectivity index (χ3n) is 3.93. The van der Waals surface area contributed by atoms with Gasteiger partial charge in [-0.05, 0) is 34.1 Å². The van der Waals surface area contributed by atoms with E-state index in [1.165, 1.54) is 13.8 Å². The smallest absolute Gasteiger partial charge is 0.399 e. The number of esters is 3.